The predicted molar refractivity (Wildman–Crippen MR) is 130 cm³/mol. The Morgan fingerprint density at radius 2 is 1.76 bits per heavy atom. The summed E-state index contributed by atoms with van der Waals surface area (Å²) < 4.78 is 17.0. The fourth-order valence-electron chi connectivity index (χ4n) is 3.22. The molecule has 0 atom stereocenters. The van der Waals surface area contributed by atoms with Crippen LogP contribution in [-0.4, -0.2) is 25.8 Å². The minimum absolute atomic E-state index is 0.115. The zero-order valence-electron chi connectivity index (χ0n) is 19.5. The maximum Gasteiger partial charge on any atom is 0.277 e. The van der Waals surface area contributed by atoms with Crippen molar-refractivity contribution in [2.45, 2.75) is 33.3 Å². The lowest BCUT2D eigenvalue weighted by Gasteiger charge is -2.14. The number of rotatable bonds is 10. The number of amides is 1. The Hall–Kier alpha value is -3.80. The lowest BCUT2D eigenvalue weighted by atomic mass is 10.0. The molecule has 3 aromatic rings. The van der Waals surface area contributed by atoms with Gasteiger partial charge in [0.25, 0.3) is 5.91 Å². The van der Waals surface area contributed by atoms with Crippen LogP contribution in [0, 0.1) is 6.92 Å². The molecule has 6 nitrogen and oxygen atoms in total. The standard InChI is InChI=1S/C27H30N2O4/c1-19(2)23-12-10-20(3)14-25(23)33-18-27(30)29-28-16-22-11-13-24(26(15-22)31-4)32-17-21-8-6-5-7-9-21/h5-16,19H,17-18H2,1-4H3,(H,29,30)/b28-16-. The second-order valence-electron chi connectivity index (χ2n) is 7.96. The van der Waals surface area contributed by atoms with E-state index in [2.05, 4.69) is 24.4 Å². The zero-order valence-corrected chi connectivity index (χ0v) is 19.5. The Labute approximate surface area is 195 Å². The van der Waals surface area contributed by atoms with Gasteiger partial charge >= 0.3 is 0 Å². The van der Waals surface area contributed by atoms with Crippen LogP contribution >= 0.6 is 0 Å². The summed E-state index contributed by atoms with van der Waals surface area (Å²) >= 11 is 0. The third-order valence-electron chi connectivity index (χ3n) is 4.98. The smallest absolute Gasteiger partial charge is 0.277 e. The molecule has 0 saturated carbocycles. The zero-order chi connectivity index (χ0) is 23.6. The van der Waals surface area contributed by atoms with Gasteiger partial charge in [0.2, 0.25) is 0 Å². The summed E-state index contributed by atoms with van der Waals surface area (Å²) in [5.41, 5.74) is 6.48. The van der Waals surface area contributed by atoms with E-state index >= 15 is 0 Å². The Morgan fingerprint density at radius 3 is 2.48 bits per heavy atom. The van der Waals surface area contributed by atoms with E-state index in [1.165, 1.54) is 0 Å². The molecule has 3 aromatic carbocycles. The van der Waals surface area contributed by atoms with Crippen molar-refractivity contribution >= 4 is 12.1 Å². The number of nitrogens with zero attached hydrogens (tertiary/aromatic N) is 1. The van der Waals surface area contributed by atoms with Crippen molar-refractivity contribution in [3.05, 3.63) is 89.0 Å². The number of nitrogens with one attached hydrogen (secondary N) is 1. The molecule has 1 amide bonds. The van der Waals surface area contributed by atoms with Gasteiger partial charge in [-0.05, 0) is 59.4 Å². The first-order valence-electron chi connectivity index (χ1n) is 10.9. The summed E-state index contributed by atoms with van der Waals surface area (Å²) in [6.45, 7) is 6.51. The van der Waals surface area contributed by atoms with Gasteiger partial charge in [0.1, 0.15) is 12.4 Å². The van der Waals surface area contributed by atoms with Crippen LogP contribution in [0.2, 0.25) is 0 Å². The number of hydrogen-bond donors (Lipinski definition) is 1. The van der Waals surface area contributed by atoms with Crippen LogP contribution in [0.3, 0.4) is 0 Å². The molecular formula is C27H30N2O4. The number of methoxy groups -OCH3 is 1. The van der Waals surface area contributed by atoms with Gasteiger partial charge < -0.3 is 14.2 Å². The van der Waals surface area contributed by atoms with E-state index in [4.69, 9.17) is 14.2 Å². The monoisotopic (exact) mass is 446 g/mol. The van der Waals surface area contributed by atoms with Gasteiger partial charge in [-0.3, -0.25) is 4.79 Å². The number of carbonyl (C=O) groups is 1. The van der Waals surface area contributed by atoms with Crippen molar-refractivity contribution < 1.29 is 19.0 Å². The number of aryl methyl sites for hydroxylation is 1. The van der Waals surface area contributed by atoms with Crippen LogP contribution in [0.25, 0.3) is 0 Å². The third kappa shape index (κ3) is 7.10. The Bertz CT molecular complexity index is 1090. The first-order valence-corrected chi connectivity index (χ1v) is 10.9. The van der Waals surface area contributed by atoms with Crippen LogP contribution in [-0.2, 0) is 11.4 Å². The molecule has 33 heavy (non-hydrogen) atoms. The molecule has 3 rings (SSSR count). The van der Waals surface area contributed by atoms with E-state index in [-0.39, 0.29) is 12.5 Å². The molecule has 0 aromatic heterocycles. The van der Waals surface area contributed by atoms with E-state index in [0.29, 0.717) is 24.0 Å². The van der Waals surface area contributed by atoms with Gasteiger partial charge in [0.05, 0.1) is 13.3 Å². The lowest BCUT2D eigenvalue weighted by molar-refractivity contribution is -0.123. The quantitative estimate of drug-likeness (QED) is 0.342. The van der Waals surface area contributed by atoms with Gasteiger partial charge in [-0.1, -0.05) is 56.3 Å². The fraction of sp³-hybridized carbons (Fsp3) is 0.259. The maximum absolute atomic E-state index is 12.2. The number of hydrazone groups is 1. The average Bonchev–Trinajstić information content (AvgIpc) is 2.82. The van der Waals surface area contributed by atoms with Crippen molar-refractivity contribution in [1.29, 1.82) is 0 Å². The lowest BCUT2D eigenvalue weighted by Crippen LogP contribution is -2.25. The normalized spacial score (nSPS) is 10.9. The summed E-state index contributed by atoms with van der Waals surface area (Å²) in [6, 6.07) is 21.4. The molecule has 0 unspecified atom stereocenters. The molecule has 6 heteroatoms. The molecule has 0 bridgehead atoms. The second-order valence-corrected chi connectivity index (χ2v) is 7.96. The largest absolute Gasteiger partial charge is 0.493 e. The van der Waals surface area contributed by atoms with Crippen LogP contribution in [0.4, 0.5) is 0 Å². The number of carbonyl (C=O) groups excluding carboxylic acids is 1. The van der Waals surface area contributed by atoms with Crippen molar-refractivity contribution in [2.24, 2.45) is 5.10 Å². The summed E-state index contributed by atoms with van der Waals surface area (Å²) in [7, 11) is 1.58. The molecule has 0 fully saturated rings. The third-order valence-corrected chi connectivity index (χ3v) is 4.98. The molecule has 0 radical (unpaired) electrons. The average molecular weight is 447 g/mol. The van der Waals surface area contributed by atoms with Crippen LogP contribution in [0.5, 0.6) is 17.2 Å². The first kappa shape index (κ1) is 23.9. The van der Waals surface area contributed by atoms with E-state index < -0.39 is 0 Å². The Morgan fingerprint density at radius 1 is 0.970 bits per heavy atom. The minimum atomic E-state index is -0.336. The van der Waals surface area contributed by atoms with E-state index in [1.54, 1.807) is 19.4 Å². The van der Waals surface area contributed by atoms with Crippen LogP contribution in [0.15, 0.2) is 71.8 Å². The van der Waals surface area contributed by atoms with Gasteiger partial charge in [0, 0.05) is 0 Å². The highest BCUT2D eigenvalue weighted by molar-refractivity contribution is 5.83. The van der Waals surface area contributed by atoms with Gasteiger partial charge in [-0.15, -0.1) is 0 Å². The summed E-state index contributed by atoms with van der Waals surface area (Å²) in [5, 5.41) is 4.03. The van der Waals surface area contributed by atoms with Crippen molar-refractivity contribution in [1.82, 2.24) is 5.43 Å². The van der Waals surface area contributed by atoms with E-state index in [1.807, 2.05) is 67.6 Å². The topological polar surface area (TPSA) is 69.2 Å². The number of ether oxygens (including phenoxy) is 3. The SMILES string of the molecule is COc1cc(/C=N\NC(=O)COc2cc(C)ccc2C(C)C)ccc1OCc1ccccc1. The van der Waals surface area contributed by atoms with E-state index in [0.717, 1.165) is 28.0 Å². The van der Waals surface area contributed by atoms with E-state index in [9.17, 15) is 4.79 Å². The van der Waals surface area contributed by atoms with Crippen molar-refractivity contribution in [3.63, 3.8) is 0 Å². The second kappa shape index (κ2) is 11.7. The fourth-order valence-corrected chi connectivity index (χ4v) is 3.22. The van der Waals surface area contributed by atoms with Crippen molar-refractivity contribution in [3.8, 4) is 17.2 Å². The summed E-state index contributed by atoms with van der Waals surface area (Å²) in [5.74, 6) is 1.91. The van der Waals surface area contributed by atoms with Gasteiger partial charge in [-0.2, -0.15) is 5.10 Å². The molecule has 0 aliphatic rings. The highest BCUT2D eigenvalue weighted by Gasteiger charge is 2.10. The van der Waals surface area contributed by atoms with Crippen LogP contribution in [0.1, 0.15) is 42.0 Å². The first-order chi connectivity index (χ1) is 16.0. The molecule has 0 heterocycles. The summed E-state index contributed by atoms with van der Waals surface area (Å²) in [4.78, 5) is 12.2. The minimum Gasteiger partial charge on any atom is -0.493 e. The molecule has 0 spiro atoms. The van der Waals surface area contributed by atoms with Gasteiger partial charge in [-0.25, -0.2) is 5.43 Å². The predicted octanol–water partition coefficient (Wildman–Crippen LogP) is 5.24. The highest BCUT2D eigenvalue weighted by Crippen LogP contribution is 2.29. The number of hydrogen-bond acceptors (Lipinski definition) is 5. The molecule has 0 saturated heterocycles. The van der Waals surface area contributed by atoms with Crippen LogP contribution < -0.4 is 19.6 Å². The number of benzene rings is 3. The van der Waals surface area contributed by atoms with Gasteiger partial charge in [0.15, 0.2) is 18.1 Å². The van der Waals surface area contributed by atoms with Crippen molar-refractivity contribution in [2.75, 3.05) is 13.7 Å². The molecular weight excluding hydrogens is 416 g/mol. The Balaban J connectivity index is 1.54. The highest BCUT2D eigenvalue weighted by atomic mass is 16.5. The molecule has 0 aliphatic carbocycles. The Kier molecular flexibility index (Phi) is 8.47. The molecule has 1 N–H and O–H groups in total. The molecule has 0 aliphatic heterocycles. The summed E-state index contributed by atoms with van der Waals surface area (Å²) in [6.07, 6.45) is 1.55. The maximum atomic E-state index is 12.2. The molecule has 172 valence electrons.